The molecular weight excluding hydrogens is 146 g/mol. The van der Waals surface area contributed by atoms with E-state index < -0.39 is 11.9 Å². The summed E-state index contributed by atoms with van der Waals surface area (Å²) in [5.74, 6) is -1.78. The number of aliphatic carboxylic acids is 1. The third-order valence-corrected chi connectivity index (χ3v) is 1.97. The topological polar surface area (TPSA) is 66.4 Å². The second-order valence-electron chi connectivity index (χ2n) is 2.81. The first-order valence-corrected chi connectivity index (χ1v) is 3.71. The van der Waals surface area contributed by atoms with Gasteiger partial charge >= 0.3 is 11.9 Å². The number of carboxylic acid groups (broad SMARTS) is 1. The summed E-state index contributed by atoms with van der Waals surface area (Å²) in [6, 6.07) is 0. The van der Waals surface area contributed by atoms with E-state index in [0.29, 0.717) is 12.5 Å². The summed E-state index contributed by atoms with van der Waals surface area (Å²) in [5, 5.41) is 10.5. The first-order chi connectivity index (χ1) is 5.20. The molecular formula is C7H11NO3. The van der Waals surface area contributed by atoms with Crippen LogP contribution in [0.15, 0.2) is 0 Å². The summed E-state index contributed by atoms with van der Waals surface area (Å²) in [7, 11) is 0. The SMILES string of the molecule is O=C(O)C(=O)NCC1CCC1. The highest BCUT2D eigenvalue weighted by Gasteiger charge is 2.19. The quantitative estimate of drug-likeness (QED) is 0.554. The van der Waals surface area contributed by atoms with Gasteiger partial charge in [-0.2, -0.15) is 0 Å². The van der Waals surface area contributed by atoms with E-state index in [0.717, 1.165) is 12.8 Å². The molecule has 1 aliphatic rings. The number of carbonyl (C=O) groups is 2. The van der Waals surface area contributed by atoms with E-state index in [2.05, 4.69) is 5.32 Å². The fraction of sp³-hybridized carbons (Fsp3) is 0.714. The molecule has 2 N–H and O–H groups in total. The van der Waals surface area contributed by atoms with Crippen LogP contribution >= 0.6 is 0 Å². The first-order valence-electron chi connectivity index (χ1n) is 3.71. The van der Waals surface area contributed by atoms with Gasteiger partial charge in [-0.05, 0) is 18.8 Å². The standard InChI is InChI=1S/C7H11NO3/c9-6(7(10)11)8-4-5-2-1-3-5/h5H,1-4H2,(H,8,9)(H,10,11). The van der Waals surface area contributed by atoms with E-state index in [1.165, 1.54) is 6.42 Å². The van der Waals surface area contributed by atoms with E-state index in [4.69, 9.17) is 5.11 Å². The van der Waals surface area contributed by atoms with Crippen molar-refractivity contribution < 1.29 is 14.7 Å². The number of carbonyl (C=O) groups excluding carboxylic acids is 1. The monoisotopic (exact) mass is 157 g/mol. The second-order valence-corrected chi connectivity index (χ2v) is 2.81. The fourth-order valence-corrected chi connectivity index (χ4v) is 1.01. The molecule has 0 aromatic carbocycles. The van der Waals surface area contributed by atoms with Crippen molar-refractivity contribution in [1.29, 1.82) is 0 Å². The number of rotatable bonds is 2. The summed E-state index contributed by atoms with van der Waals surface area (Å²) in [4.78, 5) is 20.5. The molecule has 0 heterocycles. The summed E-state index contributed by atoms with van der Waals surface area (Å²) >= 11 is 0. The van der Waals surface area contributed by atoms with Gasteiger partial charge < -0.3 is 10.4 Å². The van der Waals surface area contributed by atoms with Crippen LogP contribution in [0, 0.1) is 5.92 Å². The van der Waals surface area contributed by atoms with Crippen molar-refractivity contribution in [2.24, 2.45) is 5.92 Å². The Bertz CT molecular complexity index is 175. The average Bonchev–Trinajstić information content (AvgIpc) is 1.83. The molecule has 0 atom stereocenters. The lowest BCUT2D eigenvalue weighted by Gasteiger charge is -2.24. The summed E-state index contributed by atoms with van der Waals surface area (Å²) in [5.41, 5.74) is 0. The minimum atomic E-state index is -1.40. The van der Waals surface area contributed by atoms with Crippen molar-refractivity contribution in [3.8, 4) is 0 Å². The Balaban J connectivity index is 2.10. The van der Waals surface area contributed by atoms with Crippen LogP contribution in [-0.2, 0) is 9.59 Å². The van der Waals surface area contributed by atoms with Gasteiger partial charge in [-0.25, -0.2) is 4.79 Å². The lowest BCUT2D eigenvalue weighted by atomic mass is 9.85. The van der Waals surface area contributed by atoms with Crippen LogP contribution in [0.5, 0.6) is 0 Å². The molecule has 1 amide bonds. The molecule has 0 aliphatic heterocycles. The van der Waals surface area contributed by atoms with Crippen LogP contribution < -0.4 is 5.32 Å². The van der Waals surface area contributed by atoms with Gasteiger partial charge in [0.25, 0.3) is 0 Å². The van der Waals surface area contributed by atoms with Crippen molar-refractivity contribution >= 4 is 11.9 Å². The predicted molar refractivity (Wildman–Crippen MR) is 38.0 cm³/mol. The zero-order valence-corrected chi connectivity index (χ0v) is 6.17. The van der Waals surface area contributed by atoms with Crippen LogP contribution in [-0.4, -0.2) is 23.5 Å². The molecule has 11 heavy (non-hydrogen) atoms. The third-order valence-electron chi connectivity index (χ3n) is 1.97. The Morgan fingerprint density at radius 1 is 1.45 bits per heavy atom. The molecule has 0 bridgehead atoms. The molecule has 0 unspecified atom stereocenters. The van der Waals surface area contributed by atoms with Crippen molar-refractivity contribution in [1.82, 2.24) is 5.32 Å². The Morgan fingerprint density at radius 2 is 2.09 bits per heavy atom. The Labute approximate surface area is 64.6 Å². The maximum Gasteiger partial charge on any atom is 0.394 e. The van der Waals surface area contributed by atoms with E-state index in [1.54, 1.807) is 0 Å². The lowest BCUT2D eigenvalue weighted by molar-refractivity contribution is -0.150. The highest BCUT2D eigenvalue weighted by Crippen LogP contribution is 2.24. The normalized spacial score (nSPS) is 17.1. The zero-order chi connectivity index (χ0) is 8.27. The highest BCUT2D eigenvalue weighted by atomic mass is 16.4. The summed E-state index contributed by atoms with van der Waals surface area (Å²) < 4.78 is 0. The number of amides is 1. The largest absolute Gasteiger partial charge is 0.474 e. The predicted octanol–water partition coefficient (Wildman–Crippen LogP) is -0.0127. The second kappa shape index (κ2) is 3.37. The van der Waals surface area contributed by atoms with E-state index in [9.17, 15) is 9.59 Å². The maximum atomic E-state index is 10.5. The highest BCUT2D eigenvalue weighted by molar-refractivity contribution is 6.31. The summed E-state index contributed by atoms with van der Waals surface area (Å²) in [6.07, 6.45) is 3.42. The summed E-state index contributed by atoms with van der Waals surface area (Å²) in [6.45, 7) is 0.519. The fourth-order valence-electron chi connectivity index (χ4n) is 1.01. The maximum absolute atomic E-state index is 10.5. The number of nitrogens with one attached hydrogen (secondary N) is 1. The number of hydrogen-bond acceptors (Lipinski definition) is 2. The number of carboxylic acids is 1. The molecule has 62 valence electrons. The van der Waals surface area contributed by atoms with Crippen molar-refractivity contribution in [2.45, 2.75) is 19.3 Å². The molecule has 4 heteroatoms. The van der Waals surface area contributed by atoms with Crippen LogP contribution in [0.3, 0.4) is 0 Å². The van der Waals surface area contributed by atoms with Gasteiger partial charge in [0.2, 0.25) is 0 Å². The molecule has 0 spiro atoms. The van der Waals surface area contributed by atoms with Gasteiger partial charge in [0, 0.05) is 6.54 Å². The van der Waals surface area contributed by atoms with Crippen LogP contribution in [0.1, 0.15) is 19.3 Å². The molecule has 1 aliphatic carbocycles. The Kier molecular flexibility index (Phi) is 2.46. The molecule has 0 radical (unpaired) electrons. The van der Waals surface area contributed by atoms with E-state index in [-0.39, 0.29) is 0 Å². The van der Waals surface area contributed by atoms with Gasteiger partial charge in [-0.15, -0.1) is 0 Å². The average molecular weight is 157 g/mol. The van der Waals surface area contributed by atoms with Gasteiger partial charge in [0.1, 0.15) is 0 Å². The van der Waals surface area contributed by atoms with Crippen LogP contribution in [0.25, 0.3) is 0 Å². The van der Waals surface area contributed by atoms with E-state index in [1.807, 2.05) is 0 Å². The van der Waals surface area contributed by atoms with Crippen molar-refractivity contribution in [3.63, 3.8) is 0 Å². The van der Waals surface area contributed by atoms with Crippen molar-refractivity contribution in [2.75, 3.05) is 6.54 Å². The molecule has 1 fully saturated rings. The van der Waals surface area contributed by atoms with Gasteiger partial charge in [0.15, 0.2) is 0 Å². The number of hydrogen-bond donors (Lipinski definition) is 2. The van der Waals surface area contributed by atoms with Crippen LogP contribution in [0.4, 0.5) is 0 Å². The Hall–Kier alpha value is -1.06. The lowest BCUT2D eigenvalue weighted by Crippen LogP contribution is -2.36. The Morgan fingerprint density at radius 3 is 2.45 bits per heavy atom. The van der Waals surface area contributed by atoms with E-state index >= 15 is 0 Å². The third kappa shape index (κ3) is 2.22. The van der Waals surface area contributed by atoms with Gasteiger partial charge in [-0.1, -0.05) is 6.42 Å². The minimum absolute atomic E-state index is 0.512. The van der Waals surface area contributed by atoms with Crippen molar-refractivity contribution in [3.05, 3.63) is 0 Å². The molecule has 0 aromatic heterocycles. The first kappa shape index (κ1) is 8.04. The smallest absolute Gasteiger partial charge is 0.394 e. The molecule has 1 rings (SSSR count). The molecule has 0 saturated heterocycles. The molecule has 4 nitrogen and oxygen atoms in total. The van der Waals surface area contributed by atoms with Gasteiger partial charge in [0.05, 0.1) is 0 Å². The van der Waals surface area contributed by atoms with Gasteiger partial charge in [-0.3, -0.25) is 4.79 Å². The zero-order valence-electron chi connectivity index (χ0n) is 6.17. The molecule has 1 saturated carbocycles. The molecule has 0 aromatic rings. The minimum Gasteiger partial charge on any atom is -0.474 e. The van der Waals surface area contributed by atoms with Crippen LogP contribution in [0.2, 0.25) is 0 Å².